The fourth-order valence-electron chi connectivity index (χ4n) is 2.29. The Balaban J connectivity index is 2.01. The highest BCUT2D eigenvalue weighted by Gasteiger charge is 2.15. The molecule has 0 radical (unpaired) electrons. The largest absolute Gasteiger partial charge is 0.462 e. The zero-order valence-electron chi connectivity index (χ0n) is 15.1. The van der Waals surface area contributed by atoms with E-state index in [2.05, 4.69) is 27.5 Å². The van der Waals surface area contributed by atoms with Crippen LogP contribution in [0, 0.1) is 0 Å². The summed E-state index contributed by atoms with van der Waals surface area (Å²) >= 11 is 0. The number of aromatic nitrogens is 2. The Morgan fingerprint density at radius 2 is 1.88 bits per heavy atom. The van der Waals surface area contributed by atoms with E-state index < -0.39 is 11.9 Å². The minimum atomic E-state index is -0.485. The van der Waals surface area contributed by atoms with Crippen molar-refractivity contribution >= 4 is 23.4 Å². The van der Waals surface area contributed by atoms with Crippen LogP contribution in [-0.4, -0.2) is 35.0 Å². The average molecular weight is 356 g/mol. The second-order valence-corrected chi connectivity index (χ2v) is 5.64. The van der Waals surface area contributed by atoms with E-state index in [1.165, 1.54) is 12.4 Å². The average Bonchev–Trinajstić information content (AvgIpc) is 2.66. The van der Waals surface area contributed by atoms with Crippen molar-refractivity contribution in [3.8, 4) is 0 Å². The number of carbonyl (C=O) groups is 2. The van der Waals surface area contributed by atoms with Crippen LogP contribution in [0.4, 0.5) is 11.5 Å². The maximum atomic E-state index is 12.4. The summed E-state index contributed by atoms with van der Waals surface area (Å²) < 4.78 is 5.00. The van der Waals surface area contributed by atoms with Crippen molar-refractivity contribution in [3.63, 3.8) is 0 Å². The smallest absolute Gasteiger partial charge is 0.340 e. The van der Waals surface area contributed by atoms with Crippen LogP contribution in [0.5, 0.6) is 0 Å². The molecule has 26 heavy (non-hydrogen) atoms. The second-order valence-electron chi connectivity index (χ2n) is 5.64. The van der Waals surface area contributed by atoms with Gasteiger partial charge in [0.15, 0.2) is 0 Å². The first-order valence-electron chi connectivity index (χ1n) is 8.79. The number of nitrogens with zero attached hydrogens (tertiary/aromatic N) is 2. The number of hydrogen-bond acceptors (Lipinski definition) is 6. The Labute approximate surface area is 153 Å². The SMILES string of the molecule is CCCCCNc1cnc(C(=O)Nc2ccccc2C(=O)OCC)cn1. The van der Waals surface area contributed by atoms with Crippen LogP contribution in [0.15, 0.2) is 36.7 Å². The lowest BCUT2D eigenvalue weighted by Gasteiger charge is -2.10. The van der Waals surface area contributed by atoms with Crippen molar-refractivity contribution in [3.05, 3.63) is 47.9 Å². The van der Waals surface area contributed by atoms with Gasteiger partial charge in [0.05, 0.1) is 30.3 Å². The van der Waals surface area contributed by atoms with E-state index in [-0.39, 0.29) is 12.3 Å². The van der Waals surface area contributed by atoms with Crippen LogP contribution in [0.2, 0.25) is 0 Å². The van der Waals surface area contributed by atoms with E-state index in [1.54, 1.807) is 31.2 Å². The second kappa shape index (κ2) is 10.1. The van der Waals surface area contributed by atoms with Crippen LogP contribution in [-0.2, 0) is 4.74 Å². The van der Waals surface area contributed by atoms with Crippen molar-refractivity contribution in [2.45, 2.75) is 33.1 Å². The summed E-state index contributed by atoms with van der Waals surface area (Å²) in [6.45, 7) is 4.96. The molecule has 2 N–H and O–H groups in total. The number of anilines is 2. The summed E-state index contributed by atoms with van der Waals surface area (Å²) in [7, 11) is 0. The van der Waals surface area contributed by atoms with Gasteiger partial charge in [0, 0.05) is 6.54 Å². The zero-order valence-corrected chi connectivity index (χ0v) is 15.1. The molecule has 0 unspecified atom stereocenters. The molecule has 7 heteroatoms. The molecule has 0 aliphatic rings. The molecule has 0 saturated heterocycles. The van der Waals surface area contributed by atoms with Gasteiger partial charge in [0.2, 0.25) is 0 Å². The summed E-state index contributed by atoms with van der Waals surface area (Å²) in [5.41, 5.74) is 0.840. The van der Waals surface area contributed by atoms with E-state index in [0.717, 1.165) is 25.8 Å². The summed E-state index contributed by atoms with van der Waals surface area (Å²) in [4.78, 5) is 32.7. The molecule has 0 fully saturated rings. The third-order valence-electron chi connectivity index (χ3n) is 3.64. The highest BCUT2D eigenvalue weighted by molar-refractivity contribution is 6.06. The molecule has 0 aliphatic carbocycles. The predicted molar refractivity (Wildman–Crippen MR) is 100 cm³/mol. The quantitative estimate of drug-likeness (QED) is 0.527. The Morgan fingerprint density at radius 1 is 1.08 bits per heavy atom. The molecule has 1 amide bonds. The molecule has 2 rings (SSSR count). The van der Waals surface area contributed by atoms with E-state index in [4.69, 9.17) is 4.74 Å². The third kappa shape index (κ3) is 5.54. The van der Waals surface area contributed by atoms with Gasteiger partial charge in [-0.15, -0.1) is 0 Å². The van der Waals surface area contributed by atoms with Gasteiger partial charge in [0.25, 0.3) is 5.91 Å². The number of hydrogen-bond donors (Lipinski definition) is 2. The first kappa shape index (κ1) is 19.4. The minimum absolute atomic E-state index is 0.169. The van der Waals surface area contributed by atoms with Gasteiger partial charge in [-0.25, -0.2) is 14.8 Å². The van der Waals surface area contributed by atoms with Gasteiger partial charge in [-0.3, -0.25) is 4.79 Å². The molecule has 0 saturated carbocycles. The minimum Gasteiger partial charge on any atom is -0.462 e. The molecular formula is C19H24N4O3. The van der Waals surface area contributed by atoms with Crippen LogP contribution in [0.25, 0.3) is 0 Å². The predicted octanol–water partition coefficient (Wildman–Crippen LogP) is 3.51. The lowest BCUT2D eigenvalue weighted by molar-refractivity contribution is 0.0527. The number of ether oxygens (including phenoxy) is 1. The number of benzene rings is 1. The topological polar surface area (TPSA) is 93.2 Å². The van der Waals surface area contributed by atoms with Gasteiger partial charge in [-0.2, -0.15) is 0 Å². The van der Waals surface area contributed by atoms with E-state index in [0.29, 0.717) is 17.1 Å². The van der Waals surface area contributed by atoms with Gasteiger partial charge in [0.1, 0.15) is 11.5 Å². The monoisotopic (exact) mass is 356 g/mol. The van der Waals surface area contributed by atoms with Gasteiger partial charge in [-0.05, 0) is 25.5 Å². The number of unbranched alkanes of at least 4 members (excludes halogenated alkanes) is 2. The Kier molecular flexibility index (Phi) is 7.54. The fourth-order valence-corrected chi connectivity index (χ4v) is 2.29. The first-order valence-corrected chi connectivity index (χ1v) is 8.79. The van der Waals surface area contributed by atoms with Gasteiger partial charge >= 0.3 is 5.97 Å². The number of nitrogens with one attached hydrogen (secondary N) is 2. The summed E-state index contributed by atoms with van der Waals surface area (Å²) in [6.07, 6.45) is 6.30. The van der Waals surface area contributed by atoms with Crippen LogP contribution in [0.3, 0.4) is 0 Å². The zero-order chi connectivity index (χ0) is 18.8. The van der Waals surface area contributed by atoms with Crippen molar-refractivity contribution in [1.82, 2.24) is 9.97 Å². The summed E-state index contributed by atoms with van der Waals surface area (Å²) in [5.74, 6) is -0.294. The van der Waals surface area contributed by atoms with Crippen molar-refractivity contribution in [1.29, 1.82) is 0 Å². The molecule has 7 nitrogen and oxygen atoms in total. The molecule has 1 heterocycles. The lowest BCUT2D eigenvalue weighted by Crippen LogP contribution is -2.17. The number of rotatable bonds is 9. The summed E-state index contributed by atoms with van der Waals surface area (Å²) in [6, 6.07) is 6.68. The maximum Gasteiger partial charge on any atom is 0.340 e. The van der Waals surface area contributed by atoms with Crippen molar-refractivity contribution in [2.24, 2.45) is 0 Å². The van der Waals surface area contributed by atoms with Crippen LogP contribution >= 0.6 is 0 Å². The van der Waals surface area contributed by atoms with Crippen molar-refractivity contribution in [2.75, 3.05) is 23.8 Å². The normalized spacial score (nSPS) is 10.2. The van der Waals surface area contributed by atoms with E-state index in [1.807, 2.05) is 0 Å². The van der Waals surface area contributed by atoms with Gasteiger partial charge in [-0.1, -0.05) is 31.9 Å². The number of amides is 1. The summed E-state index contributed by atoms with van der Waals surface area (Å²) in [5, 5.41) is 5.85. The molecular weight excluding hydrogens is 332 g/mol. The van der Waals surface area contributed by atoms with E-state index in [9.17, 15) is 9.59 Å². The molecule has 1 aromatic heterocycles. The molecule has 0 spiro atoms. The maximum absolute atomic E-state index is 12.4. The Bertz CT molecular complexity index is 732. The highest BCUT2D eigenvalue weighted by Crippen LogP contribution is 2.17. The molecule has 138 valence electrons. The molecule has 2 aromatic rings. The Hall–Kier alpha value is -2.96. The standard InChI is InChI=1S/C19H24N4O3/c1-3-5-8-11-20-17-13-21-16(12-22-17)18(24)23-15-10-7-6-9-14(15)19(25)26-4-2/h6-7,9-10,12-13H,3-5,8,11H2,1-2H3,(H,20,22)(H,23,24). The lowest BCUT2D eigenvalue weighted by atomic mass is 10.1. The van der Waals surface area contributed by atoms with E-state index >= 15 is 0 Å². The van der Waals surface area contributed by atoms with Crippen LogP contribution in [0.1, 0.15) is 54.0 Å². The number of esters is 1. The first-order chi connectivity index (χ1) is 12.7. The fraction of sp³-hybridized carbons (Fsp3) is 0.368. The number of para-hydroxylation sites is 1. The highest BCUT2D eigenvalue weighted by atomic mass is 16.5. The molecule has 1 aromatic carbocycles. The molecule has 0 bridgehead atoms. The van der Waals surface area contributed by atoms with Gasteiger partial charge < -0.3 is 15.4 Å². The molecule has 0 atom stereocenters. The molecule has 0 aliphatic heterocycles. The third-order valence-corrected chi connectivity index (χ3v) is 3.64. The van der Waals surface area contributed by atoms with Crippen molar-refractivity contribution < 1.29 is 14.3 Å². The Morgan fingerprint density at radius 3 is 2.58 bits per heavy atom. The van der Waals surface area contributed by atoms with Crippen LogP contribution < -0.4 is 10.6 Å². The number of carbonyl (C=O) groups excluding carboxylic acids is 2.